The number of thiocarbonyl (C=S) groups is 1. The van der Waals surface area contributed by atoms with Crippen LogP contribution in [-0.4, -0.2) is 30.0 Å². The van der Waals surface area contributed by atoms with E-state index in [1.165, 1.54) is 6.92 Å². The lowest BCUT2D eigenvalue weighted by Crippen LogP contribution is -2.25. The van der Waals surface area contributed by atoms with Crippen LogP contribution in [0, 0.1) is 0 Å². The van der Waals surface area contributed by atoms with Gasteiger partial charge in [-0.15, -0.1) is 0 Å². The van der Waals surface area contributed by atoms with Crippen molar-refractivity contribution in [1.29, 1.82) is 0 Å². The van der Waals surface area contributed by atoms with Crippen molar-refractivity contribution in [3.63, 3.8) is 0 Å². The van der Waals surface area contributed by atoms with Crippen LogP contribution in [0.3, 0.4) is 0 Å². The molecule has 0 aliphatic carbocycles. The number of para-hydroxylation sites is 1. The summed E-state index contributed by atoms with van der Waals surface area (Å²) in [6.45, 7) is 1.50. The minimum Gasteiger partial charge on any atom is -0.431 e. The Morgan fingerprint density at radius 1 is 1.33 bits per heavy atom. The average molecular weight is 223 g/mol. The minimum atomic E-state index is -0.0350. The molecule has 0 aliphatic rings. The van der Waals surface area contributed by atoms with Crippen LogP contribution in [0.5, 0.6) is 5.75 Å². The molecule has 0 spiro atoms. The van der Waals surface area contributed by atoms with Gasteiger partial charge in [-0.3, -0.25) is 4.79 Å². The molecule has 0 radical (unpaired) electrons. The predicted molar refractivity (Wildman–Crippen MR) is 63.4 cm³/mol. The van der Waals surface area contributed by atoms with E-state index in [0.29, 0.717) is 16.5 Å². The molecule has 15 heavy (non-hydrogen) atoms. The van der Waals surface area contributed by atoms with Gasteiger partial charge in [-0.05, 0) is 31.3 Å². The zero-order valence-corrected chi connectivity index (χ0v) is 9.80. The first-order chi connectivity index (χ1) is 7.02. The van der Waals surface area contributed by atoms with Gasteiger partial charge in [-0.2, -0.15) is 0 Å². The highest BCUT2D eigenvalue weighted by Gasteiger charge is 2.10. The largest absolute Gasteiger partial charge is 0.431 e. The Kier molecular flexibility index (Phi) is 3.80. The van der Waals surface area contributed by atoms with Gasteiger partial charge in [0.1, 0.15) is 5.75 Å². The maximum Gasteiger partial charge on any atom is 0.264 e. The molecule has 1 rings (SSSR count). The summed E-state index contributed by atoms with van der Waals surface area (Å²) in [7, 11) is 3.58. The SMILES string of the molecule is CC(=O)c1ccccc1OC(=S)N(C)C. The lowest BCUT2D eigenvalue weighted by Gasteiger charge is -2.15. The molecule has 4 heteroatoms. The van der Waals surface area contributed by atoms with E-state index in [1.54, 1.807) is 43.3 Å². The zero-order valence-electron chi connectivity index (χ0n) is 8.98. The smallest absolute Gasteiger partial charge is 0.264 e. The van der Waals surface area contributed by atoms with Crippen LogP contribution in [0.25, 0.3) is 0 Å². The second kappa shape index (κ2) is 4.89. The van der Waals surface area contributed by atoms with E-state index < -0.39 is 0 Å². The Hall–Kier alpha value is -1.42. The minimum absolute atomic E-state index is 0.0350. The molecule has 0 amide bonds. The molecule has 3 nitrogen and oxygen atoms in total. The third kappa shape index (κ3) is 3.02. The van der Waals surface area contributed by atoms with Crippen molar-refractivity contribution in [2.75, 3.05) is 14.1 Å². The number of ketones is 1. The van der Waals surface area contributed by atoms with Crippen molar-refractivity contribution in [1.82, 2.24) is 4.90 Å². The molecule has 0 saturated carbocycles. The standard InChI is InChI=1S/C11H13NO2S/c1-8(13)9-6-4-5-7-10(9)14-11(15)12(2)3/h4-7H,1-3H3. The van der Waals surface area contributed by atoms with E-state index in [-0.39, 0.29) is 5.78 Å². The highest BCUT2D eigenvalue weighted by molar-refractivity contribution is 7.80. The fourth-order valence-corrected chi connectivity index (χ4v) is 1.12. The van der Waals surface area contributed by atoms with Gasteiger partial charge in [0.15, 0.2) is 5.78 Å². The second-order valence-electron chi connectivity index (χ2n) is 3.31. The molecule has 0 saturated heterocycles. The number of carbonyl (C=O) groups excluding carboxylic acids is 1. The number of carbonyl (C=O) groups is 1. The Morgan fingerprint density at radius 3 is 2.47 bits per heavy atom. The topological polar surface area (TPSA) is 29.5 Å². The van der Waals surface area contributed by atoms with Gasteiger partial charge in [0.05, 0.1) is 5.56 Å². The first-order valence-electron chi connectivity index (χ1n) is 4.51. The van der Waals surface area contributed by atoms with E-state index in [9.17, 15) is 4.79 Å². The number of benzene rings is 1. The average Bonchev–Trinajstić information content (AvgIpc) is 2.18. The van der Waals surface area contributed by atoms with Crippen molar-refractivity contribution in [2.45, 2.75) is 6.92 Å². The van der Waals surface area contributed by atoms with Crippen molar-refractivity contribution in [3.8, 4) is 5.75 Å². The van der Waals surface area contributed by atoms with E-state index in [4.69, 9.17) is 17.0 Å². The summed E-state index contributed by atoms with van der Waals surface area (Å²) in [5.74, 6) is 0.468. The van der Waals surface area contributed by atoms with E-state index in [1.807, 2.05) is 0 Å². The molecule has 80 valence electrons. The molecule has 0 aliphatic heterocycles. The van der Waals surface area contributed by atoms with Crippen LogP contribution >= 0.6 is 12.2 Å². The first kappa shape index (κ1) is 11.7. The molecule has 0 unspecified atom stereocenters. The maximum atomic E-state index is 11.3. The molecular formula is C11H13NO2S. The summed E-state index contributed by atoms with van der Waals surface area (Å²) in [6.07, 6.45) is 0. The van der Waals surface area contributed by atoms with Crippen LogP contribution in [0.1, 0.15) is 17.3 Å². The van der Waals surface area contributed by atoms with Crippen molar-refractivity contribution in [3.05, 3.63) is 29.8 Å². The van der Waals surface area contributed by atoms with Crippen molar-refractivity contribution in [2.24, 2.45) is 0 Å². The number of hydrogen-bond acceptors (Lipinski definition) is 3. The van der Waals surface area contributed by atoms with Crippen LogP contribution in [0.4, 0.5) is 0 Å². The Labute approximate surface area is 94.6 Å². The van der Waals surface area contributed by atoms with Crippen LogP contribution < -0.4 is 4.74 Å². The van der Waals surface area contributed by atoms with Gasteiger partial charge in [-0.25, -0.2) is 0 Å². The van der Waals surface area contributed by atoms with Gasteiger partial charge in [0.25, 0.3) is 5.17 Å². The summed E-state index contributed by atoms with van der Waals surface area (Å²) in [5, 5.41) is 0.337. The molecule has 0 heterocycles. The fraction of sp³-hybridized carbons (Fsp3) is 0.273. The van der Waals surface area contributed by atoms with Gasteiger partial charge in [0.2, 0.25) is 0 Å². The zero-order chi connectivity index (χ0) is 11.4. The summed E-state index contributed by atoms with van der Waals surface area (Å²) >= 11 is 5.00. The third-order valence-corrected chi connectivity index (χ3v) is 2.28. The number of rotatable bonds is 2. The monoisotopic (exact) mass is 223 g/mol. The molecule has 1 aromatic carbocycles. The lowest BCUT2D eigenvalue weighted by molar-refractivity contribution is 0.101. The summed E-state index contributed by atoms with van der Waals surface area (Å²) in [5.41, 5.74) is 0.543. The number of nitrogens with zero attached hydrogens (tertiary/aromatic N) is 1. The quantitative estimate of drug-likeness (QED) is 0.567. The molecule has 1 aromatic rings. The second-order valence-corrected chi connectivity index (χ2v) is 3.66. The van der Waals surface area contributed by atoms with E-state index >= 15 is 0 Å². The van der Waals surface area contributed by atoms with Gasteiger partial charge < -0.3 is 9.64 Å². The molecular weight excluding hydrogens is 210 g/mol. The molecule has 0 N–H and O–H groups in total. The highest BCUT2D eigenvalue weighted by Crippen LogP contribution is 2.18. The summed E-state index contributed by atoms with van der Waals surface area (Å²) < 4.78 is 5.40. The predicted octanol–water partition coefficient (Wildman–Crippen LogP) is 2.11. The molecule has 0 aromatic heterocycles. The van der Waals surface area contributed by atoms with E-state index in [0.717, 1.165) is 0 Å². The van der Waals surface area contributed by atoms with Crippen LogP contribution in [0.2, 0.25) is 0 Å². The number of Topliss-reactive ketones (excluding diaryl/α,β-unsaturated/α-hetero) is 1. The maximum absolute atomic E-state index is 11.3. The molecule has 0 atom stereocenters. The number of hydrogen-bond donors (Lipinski definition) is 0. The van der Waals surface area contributed by atoms with Crippen molar-refractivity contribution >= 4 is 23.2 Å². The van der Waals surface area contributed by atoms with Gasteiger partial charge >= 0.3 is 0 Å². The van der Waals surface area contributed by atoms with Crippen LogP contribution in [-0.2, 0) is 0 Å². The Bertz CT molecular complexity index is 388. The van der Waals surface area contributed by atoms with Crippen molar-refractivity contribution < 1.29 is 9.53 Å². The highest BCUT2D eigenvalue weighted by atomic mass is 32.1. The summed E-state index contributed by atoms with van der Waals surface area (Å²) in [6, 6.07) is 7.05. The van der Waals surface area contributed by atoms with Crippen LogP contribution in [0.15, 0.2) is 24.3 Å². The van der Waals surface area contributed by atoms with Gasteiger partial charge in [-0.1, -0.05) is 12.1 Å². The number of ether oxygens (including phenoxy) is 1. The van der Waals surface area contributed by atoms with E-state index in [2.05, 4.69) is 0 Å². The molecule has 0 fully saturated rings. The Balaban J connectivity index is 2.94. The first-order valence-corrected chi connectivity index (χ1v) is 4.92. The fourth-order valence-electron chi connectivity index (χ4n) is 1.03. The third-order valence-electron chi connectivity index (χ3n) is 1.83. The lowest BCUT2D eigenvalue weighted by atomic mass is 10.1. The molecule has 0 bridgehead atoms. The normalized spacial score (nSPS) is 9.53. The Morgan fingerprint density at radius 2 is 1.93 bits per heavy atom. The van der Waals surface area contributed by atoms with Gasteiger partial charge in [0, 0.05) is 14.1 Å². The summed E-state index contributed by atoms with van der Waals surface area (Å²) in [4.78, 5) is 13.0.